The molecular weight excluding hydrogens is 263 g/mol. The van der Waals surface area contributed by atoms with Crippen molar-refractivity contribution in [3.63, 3.8) is 0 Å². The molecule has 0 bridgehead atoms. The molecular formula is C12H16F3NO3. The molecule has 0 radical (unpaired) electrons. The van der Waals surface area contributed by atoms with Gasteiger partial charge in [0, 0.05) is 6.04 Å². The Balaban J connectivity index is 1.83. The van der Waals surface area contributed by atoms with E-state index >= 15 is 0 Å². The number of nitrogens with one attached hydrogen (secondary N) is 1. The molecule has 2 rings (SSSR count). The molecule has 2 fully saturated rings. The maximum atomic E-state index is 12.6. The third-order valence-corrected chi connectivity index (χ3v) is 3.93. The van der Waals surface area contributed by atoms with Crippen LogP contribution in [0.1, 0.15) is 32.1 Å². The Labute approximate surface area is 108 Å². The Kier molecular flexibility index (Phi) is 3.73. The van der Waals surface area contributed by atoms with E-state index in [1.165, 1.54) is 0 Å². The highest BCUT2D eigenvalue weighted by Gasteiger charge is 2.49. The Hall–Kier alpha value is -1.27. The van der Waals surface area contributed by atoms with Crippen LogP contribution in [0, 0.1) is 17.8 Å². The minimum Gasteiger partial charge on any atom is -0.481 e. The normalized spacial score (nSPS) is 34.7. The number of amides is 1. The number of hydrogen-bond acceptors (Lipinski definition) is 2. The Bertz CT molecular complexity index is 383. The predicted molar refractivity (Wildman–Crippen MR) is 59.2 cm³/mol. The van der Waals surface area contributed by atoms with Gasteiger partial charge >= 0.3 is 12.1 Å². The molecule has 0 aliphatic heterocycles. The summed E-state index contributed by atoms with van der Waals surface area (Å²) in [4.78, 5) is 22.3. The Morgan fingerprint density at radius 2 is 1.79 bits per heavy atom. The van der Waals surface area contributed by atoms with Crippen LogP contribution in [0.25, 0.3) is 0 Å². The standard InChI is InChI=1S/C12H16F3NO3/c13-12(14,15)6-2-1-3-7(4-6)16-10(17)8-5-9(8)11(18)19/h6-9H,1-5H2,(H,16,17)(H,18,19)/t6?,7?,8-,9+/m1/s1. The van der Waals surface area contributed by atoms with Crippen molar-refractivity contribution in [2.75, 3.05) is 0 Å². The average Bonchev–Trinajstić information content (AvgIpc) is 3.08. The van der Waals surface area contributed by atoms with Gasteiger partial charge in [0.1, 0.15) is 0 Å². The Morgan fingerprint density at radius 3 is 2.32 bits per heavy atom. The van der Waals surface area contributed by atoms with Crippen molar-refractivity contribution in [3.8, 4) is 0 Å². The molecule has 0 heterocycles. The summed E-state index contributed by atoms with van der Waals surface area (Å²) in [7, 11) is 0. The molecule has 2 unspecified atom stereocenters. The average molecular weight is 279 g/mol. The van der Waals surface area contributed by atoms with Crippen LogP contribution in [0.2, 0.25) is 0 Å². The van der Waals surface area contributed by atoms with Crippen LogP contribution in [-0.4, -0.2) is 29.2 Å². The molecule has 2 aliphatic rings. The summed E-state index contributed by atoms with van der Waals surface area (Å²) in [6.07, 6.45) is -2.95. The monoisotopic (exact) mass is 279 g/mol. The molecule has 7 heteroatoms. The smallest absolute Gasteiger partial charge is 0.391 e. The fourth-order valence-corrected chi connectivity index (χ4v) is 2.68. The summed E-state index contributed by atoms with van der Waals surface area (Å²) in [5, 5.41) is 11.3. The van der Waals surface area contributed by atoms with E-state index in [1.54, 1.807) is 0 Å². The van der Waals surface area contributed by atoms with E-state index in [0.29, 0.717) is 12.8 Å². The molecule has 0 aromatic rings. The van der Waals surface area contributed by atoms with Crippen molar-refractivity contribution in [3.05, 3.63) is 0 Å². The van der Waals surface area contributed by atoms with Gasteiger partial charge in [-0.3, -0.25) is 9.59 Å². The quantitative estimate of drug-likeness (QED) is 0.829. The second-order valence-electron chi connectivity index (χ2n) is 5.40. The molecule has 1 amide bonds. The SMILES string of the molecule is O=C(O)[C@H]1C[C@H]1C(=O)NC1CCCC(C(F)(F)F)C1. The highest BCUT2D eigenvalue weighted by molar-refractivity contribution is 5.89. The Morgan fingerprint density at radius 1 is 1.11 bits per heavy atom. The number of carbonyl (C=O) groups is 2. The second-order valence-corrected chi connectivity index (χ2v) is 5.40. The molecule has 2 saturated carbocycles. The zero-order valence-electron chi connectivity index (χ0n) is 10.2. The predicted octanol–water partition coefficient (Wildman–Crippen LogP) is 1.94. The maximum Gasteiger partial charge on any atom is 0.391 e. The minimum absolute atomic E-state index is 0.0975. The molecule has 0 aromatic carbocycles. The number of carboxylic acid groups (broad SMARTS) is 1. The summed E-state index contributed by atoms with van der Waals surface area (Å²) < 4.78 is 37.8. The van der Waals surface area contributed by atoms with Gasteiger partial charge in [-0.2, -0.15) is 13.2 Å². The highest BCUT2D eigenvalue weighted by Crippen LogP contribution is 2.40. The summed E-state index contributed by atoms with van der Waals surface area (Å²) in [6, 6.07) is -0.483. The van der Waals surface area contributed by atoms with E-state index in [0.717, 1.165) is 0 Å². The number of rotatable bonds is 3. The van der Waals surface area contributed by atoms with E-state index in [9.17, 15) is 22.8 Å². The van der Waals surface area contributed by atoms with E-state index < -0.39 is 41.8 Å². The number of aliphatic carboxylic acids is 1. The zero-order chi connectivity index (χ0) is 14.2. The van der Waals surface area contributed by atoms with Crippen molar-refractivity contribution in [2.45, 2.75) is 44.3 Å². The van der Waals surface area contributed by atoms with Crippen molar-refractivity contribution >= 4 is 11.9 Å². The molecule has 4 atom stereocenters. The molecule has 19 heavy (non-hydrogen) atoms. The first-order valence-corrected chi connectivity index (χ1v) is 6.39. The summed E-state index contributed by atoms with van der Waals surface area (Å²) in [5.41, 5.74) is 0. The largest absolute Gasteiger partial charge is 0.481 e. The lowest BCUT2D eigenvalue weighted by Gasteiger charge is -2.31. The number of carbonyl (C=O) groups excluding carboxylic acids is 1. The van der Waals surface area contributed by atoms with Crippen LogP contribution in [0.4, 0.5) is 13.2 Å². The lowest BCUT2D eigenvalue weighted by molar-refractivity contribution is -0.184. The maximum absolute atomic E-state index is 12.6. The third-order valence-electron chi connectivity index (χ3n) is 3.93. The molecule has 0 aromatic heterocycles. The number of hydrogen-bond donors (Lipinski definition) is 2. The van der Waals surface area contributed by atoms with Crippen molar-refractivity contribution in [1.29, 1.82) is 0 Å². The summed E-state index contributed by atoms with van der Waals surface area (Å²) >= 11 is 0. The van der Waals surface area contributed by atoms with Crippen LogP contribution in [0.5, 0.6) is 0 Å². The topological polar surface area (TPSA) is 66.4 Å². The van der Waals surface area contributed by atoms with E-state index in [1.807, 2.05) is 0 Å². The van der Waals surface area contributed by atoms with Gasteiger partial charge in [-0.05, 0) is 25.7 Å². The van der Waals surface area contributed by atoms with Crippen LogP contribution in [0.15, 0.2) is 0 Å². The van der Waals surface area contributed by atoms with Crippen LogP contribution >= 0.6 is 0 Å². The van der Waals surface area contributed by atoms with Gasteiger partial charge in [-0.1, -0.05) is 6.42 Å². The minimum atomic E-state index is -4.22. The van der Waals surface area contributed by atoms with Gasteiger partial charge < -0.3 is 10.4 Å². The van der Waals surface area contributed by atoms with Crippen LogP contribution in [-0.2, 0) is 9.59 Å². The molecule has 108 valence electrons. The van der Waals surface area contributed by atoms with Gasteiger partial charge in [0.05, 0.1) is 17.8 Å². The summed E-state index contributed by atoms with van der Waals surface area (Å²) in [6.45, 7) is 0. The molecule has 2 aliphatic carbocycles. The van der Waals surface area contributed by atoms with E-state index in [4.69, 9.17) is 5.11 Å². The summed E-state index contributed by atoms with van der Waals surface area (Å²) in [5.74, 6) is -4.02. The second kappa shape index (κ2) is 5.02. The van der Waals surface area contributed by atoms with Gasteiger partial charge in [0.25, 0.3) is 0 Å². The number of carboxylic acids is 1. The van der Waals surface area contributed by atoms with Crippen molar-refractivity contribution < 1.29 is 27.9 Å². The van der Waals surface area contributed by atoms with Crippen LogP contribution in [0.3, 0.4) is 0 Å². The van der Waals surface area contributed by atoms with Crippen LogP contribution < -0.4 is 5.32 Å². The molecule has 4 nitrogen and oxygen atoms in total. The van der Waals surface area contributed by atoms with Gasteiger partial charge in [0.15, 0.2) is 0 Å². The molecule has 0 saturated heterocycles. The molecule has 0 spiro atoms. The zero-order valence-corrected chi connectivity index (χ0v) is 10.2. The van der Waals surface area contributed by atoms with Crippen molar-refractivity contribution in [1.82, 2.24) is 5.32 Å². The molecule has 2 N–H and O–H groups in total. The fraction of sp³-hybridized carbons (Fsp3) is 0.833. The lowest BCUT2D eigenvalue weighted by Crippen LogP contribution is -2.42. The van der Waals surface area contributed by atoms with Crippen molar-refractivity contribution in [2.24, 2.45) is 17.8 Å². The third kappa shape index (κ3) is 3.39. The first-order valence-electron chi connectivity index (χ1n) is 6.39. The van der Waals surface area contributed by atoms with E-state index in [2.05, 4.69) is 5.32 Å². The van der Waals surface area contributed by atoms with Gasteiger partial charge in [0.2, 0.25) is 5.91 Å². The number of halogens is 3. The van der Waals surface area contributed by atoms with Gasteiger partial charge in [-0.15, -0.1) is 0 Å². The highest BCUT2D eigenvalue weighted by atomic mass is 19.4. The van der Waals surface area contributed by atoms with Gasteiger partial charge in [-0.25, -0.2) is 0 Å². The first-order chi connectivity index (χ1) is 8.79. The lowest BCUT2D eigenvalue weighted by atomic mass is 9.85. The number of alkyl halides is 3. The fourth-order valence-electron chi connectivity index (χ4n) is 2.68. The first kappa shape index (κ1) is 14.1. The van der Waals surface area contributed by atoms with E-state index in [-0.39, 0.29) is 19.3 Å².